The Morgan fingerprint density at radius 1 is 0.0588 bits per heavy atom. The van der Waals surface area contributed by atoms with E-state index in [0.717, 1.165) is 0 Å². The van der Waals surface area contributed by atoms with E-state index in [1.54, 1.807) is 0 Å². The SMILES string of the molecule is c1cc2cc3cc4cc5cc6ccc7ccc8c9cccc%10cc%11cc%12cc%13cc%14ccc%15ccc%16c(c1)c2c1c3c2c4c3c5c4c6c7c8c5c(c%109)c%11c6c%12c7c%13c8c%14c%15c%16c1c8c2c7c3c6c45.c1cc2cc3cc4cc5cc6ccc7ccc8c9cccc%10cc%11cc%12cc%13cc%14ccc%15ccc%16c(c1)c2c1c3c2c4c3c5c4c6c7c8c5c(c%109)c%11c6c%12c7c%13c8c%14c%15c%16c1c8c2c7c3c6c45. The summed E-state index contributed by atoms with van der Waals surface area (Å²) in [5, 5.41) is 133. The topological polar surface area (TPSA) is 0 Å². The average Bonchev–Trinajstić information content (AvgIpc) is 0.623. The fourth-order valence-corrected chi connectivity index (χ4v) is 35.9. The molecule has 48 aromatic carbocycles. The first-order valence-corrected chi connectivity index (χ1v) is 49.0. The van der Waals surface area contributed by atoms with Gasteiger partial charge in [0.1, 0.15) is 0 Å². The zero-order valence-electron chi connectivity index (χ0n) is 71.4. The van der Waals surface area contributed by atoms with Crippen LogP contribution in [0.4, 0.5) is 0 Å². The predicted molar refractivity (Wildman–Crippen MR) is 594 cm³/mol. The lowest BCUT2D eigenvalue weighted by Crippen LogP contribution is -2.04. The minimum atomic E-state index is 1.35. The summed E-state index contributed by atoms with van der Waals surface area (Å²) in [6, 6.07) is 109. The van der Waals surface area contributed by atoms with Crippen LogP contribution in [0.2, 0.25) is 0 Å². The molecule has 0 spiro atoms. The van der Waals surface area contributed by atoms with Crippen LogP contribution >= 0.6 is 0 Å². The summed E-state index contributed by atoms with van der Waals surface area (Å²) >= 11 is 0. The van der Waals surface area contributed by atoms with Gasteiger partial charge in [-0.25, -0.2) is 0 Å². The maximum Gasteiger partial charge on any atom is -0.00000150 e. The molecule has 136 heavy (non-hydrogen) atoms. The van der Waals surface area contributed by atoms with Crippen molar-refractivity contribution in [3.8, 4) is 0 Å². The summed E-state index contributed by atoms with van der Waals surface area (Å²) in [6.07, 6.45) is 0. The van der Waals surface area contributed by atoms with Gasteiger partial charge in [-0.1, -0.05) is 170 Å². The highest BCUT2D eigenvalue weighted by Gasteiger charge is 2.43. The van der Waals surface area contributed by atoms with Crippen molar-refractivity contribution in [3.05, 3.63) is 267 Å². The average molecular weight is 1680 g/mol. The van der Waals surface area contributed by atoms with Crippen molar-refractivity contribution in [3.63, 3.8) is 0 Å². The van der Waals surface area contributed by atoms with E-state index in [1.165, 1.54) is 496 Å². The molecule has 0 saturated heterocycles. The minimum absolute atomic E-state index is 1.35. The summed E-state index contributed by atoms with van der Waals surface area (Å²) in [5.41, 5.74) is 0. The number of hydrogen-bond donors (Lipinski definition) is 0. The van der Waals surface area contributed by atoms with E-state index in [-0.39, 0.29) is 0 Å². The van der Waals surface area contributed by atoms with Crippen molar-refractivity contribution in [2.75, 3.05) is 0 Å². The Hall–Kier alpha value is -17.7. The second-order valence-corrected chi connectivity index (χ2v) is 43.8. The monoisotopic (exact) mass is 1680 g/mol. The molecule has 48 aromatic rings. The van der Waals surface area contributed by atoms with E-state index in [0.29, 0.717) is 0 Å². The molecular formula is C136H44. The summed E-state index contributed by atoms with van der Waals surface area (Å²) in [5.74, 6) is 0. The van der Waals surface area contributed by atoms with Gasteiger partial charge in [-0.15, -0.1) is 0 Å². The molecule has 0 heterocycles. The maximum absolute atomic E-state index is 2.61. The van der Waals surface area contributed by atoms with Crippen LogP contribution in [-0.4, -0.2) is 0 Å². The molecule has 0 amide bonds. The van der Waals surface area contributed by atoms with E-state index in [1.807, 2.05) is 0 Å². The van der Waals surface area contributed by atoms with Crippen LogP contribution in [0, 0.1) is 0 Å². The van der Waals surface area contributed by atoms with Crippen LogP contribution < -0.4 is 0 Å². The molecule has 0 atom stereocenters. The lowest BCUT2D eigenvalue weighted by atomic mass is 9.68. The number of fused-ring (bicyclic) bond motifs is 4. The Morgan fingerprint density at radius 2 is 0.162 bits per heavy atom. The van der Waals surface area contributed by atoms with E-state index in [4.69, 9.17) is 0 Å². The van der Waals surface area contributed by atoms with Gasteiger partial charge in [0.15, 0.2) is 0 Å². The largest absolute Gasteiger partial charge is 0.0610 e. The zero-order valence-corrected chi connectivity index (χ0v) is 71.4. The van der Waals surface area contributed by atoms with Crippen LogP contribution in [0.3, 0.4) is 0 Å². The third-order valence-corrected chi connectivity index (χ3v) is 39.4. The Bertz CT molecular complexity index is 12800. The van der Waals surface area contributed by atoms with Gasteiger partial charge in [0.25, 0.3) is 0 Å². The molecule has 0 unspecified atom stereocenters. The second kappa shape index (κ2) is 17.4. The molecule has 0 aliphatic rings. The van der Waals surface area contributed by atoms with Gasteiger partial charge in [0.05, 0.1) is 0 Å². The van der Waals surface area contributed by atoms with Crippen molar-refractivity contribution < 1.29 is 0 Å². The highest BCUT2D eigenvalue weighted by atomic mass is 14.5. The van der Waals surface area contributed by atoms with Crippen molar-refractivity contribution in [2.24, 2.45) is 0 Å². The summed E-state index contributed by atoms with van der Waals surface area (Å²) in [6.45, 7) is 0. The van der Waals surface area contributed by atoms with Crippen LogP contribution in [0.15, 0.2) is 267 Å². The minimum Gasteiger partial charge on any atom is -0.0610 e. The van der Waals surface area contributed by atoms with E-state index < -0.39 is 0 Å². The Balaban J connectivity index is 0.000000101. The number of rotatable bonds is 0. The van der Waals surface area contributed by atoms with Gasteiger partial charge < -0.3 is 0 Å². The fourth-order valence-electron chi connectivity index (χ4n) is 35.9. The van der Waals surface area contributed by atoms with Gasteiger partial charge in [-0.05, 0) is 593 Å². The number of hydrogen-bond acceptors (Lipinski definition) is 0. The van der Waals surface area contributed by atoms with Crippen molar-refractivity contribution in [1.82, 2.24) is 0 Å². The zero-order chi connectivity index (χ0) is 84.2. The van der Waals surface area contributed by atoms with Gasteiger partial charge in [0.2, 0.25) is 0 Å². The van der Waals surface area contributed by atoms with Crippen molar-refractivity contribution in [2.45, 2.75) is 0 Å². The Morgan fingerprint density at radius 3 is 0.338 bits per heavy atom. The second-order valence-electron chi connectivity index (χ2n) is 43.8. The molecule has 0 aliphatic heterocycles. The highest BCUT2D eigenvalue weighted by molar-refractivity contribution is 6.74. The van der Waals surface area contributed by atoms with Crippen LogP contribution in [0.5, 0.6) is 0 Å². The predicted octanol–water partition coefficient (Wildman–Crippen LogP) is 39.6. The van der Waals surface area contributed by atoms with Gasteiger partial charge in [0, 0.05) is 0 Å². The maximum atomic E-state index is 2.61. The van der Waals surface area contributed by atoms with Crippen molar-refractivity contribution >= 4 is 496 Å². The first-order chi connectivity index (χ1) is 67.5. The summed E-state index contributed by atoms with van der Waals surface area (Å²) < 4.78 is 0. The molecule has 0 N–H and O–H groups in total. The van der Waals surface area contributed by atoms with Gasteiger partial charge in [-0.2, -0.15) is 0 Å². The lowest BCUT2D eigenvalue weighted by molar-refractivity contribution is 1.83. The lowest BCUT2D eigenvalue weighted by Gasteiger charge is -2.33. The van der Waals surface area contributed by atoms with E-state index in [2.05, 4.69) is 267 Å². The van der Waals surface area contributed by atoms with Gasteiger partial charge in [-0.3, -0.25) is 0 Å². The first kappa shape index (κ1) is 60.3. The quantitative estimate of drug-likeness (QED) is 0.105. The van der Waals surface area contributed by atoms with Crippen LogP contribution in [0.25, 0.3) is 496 Å². The molecule has 588 valence electrons. The van der Waals surface area contributed by atoms with Crippen molar-refractivity contribution in [1.29, 1.82) is 0 Å². The highest BCUT2D eigenvalue weighted by Crippen LogP contribution is 2.72. The Kier molecular flexibility index (Phi) is 7.70. The smallest absolute Gasteiger partial charge is 0.00000150 e. The molecule has 48 rings (SSSR count). The third kappa shape index (κ3) is 5.11. The molecule has 0 radical (unpaired) electrons. The molecule has 0 aromatic heterocycles. The third-order valence-electron chi connectivity index (χ3n) is 39.4. The standard InChI is InChI=1S/2C68H22/c2*1-3-25-15-29-19-33-21-31-18-28-10-8-24-12-14-38-36-6-2-4-26-16-30-20-34-22-32-17-27-9-7-23-11-13-37-35(5-1)39(25)53-45(29)57-49(33)59-48(31)56-44(28)42(24)52(38)62-54(40(26)36)46(30)58-50(34)60-47(32)55-43(27)41(23)51(37)61(53)63(55)65(57)67(60)68(59)66(58)64(56)62/h2*1-22H. The normalized spacial score (nSPS) is 14.8. The van der Waals surface area contributed by atoms with Crippen LogP contribution in [-0.2, 0) is 0 Å². The molecule has 0 nitrogen and oxygen atoms in total. The fraction of sp³-hybridized carbons (Fsp3) is 0. The van der Waals surface area contributed by atoms with Gasteiger partial charge >= 0.3 is 0 Å². The molecule has 0 saturated carbocycles. The number of benzene rings is 48. The first-order valence-electron chi connectivity index (χ1n) is 49.0. The summed E-state index contributed by atoms with van der Waals surface area (Å²) in [7, 11) is 0. The van der Waals surface area contributed by atoms with E-state index >= 15 is 0 Å². The molecule has 0 heteroatoms. The Labute approximate surface area is 756 Å². The summed E-state index contributed by atoms with van der Waals surface area (Å²) in [4.78, 5) is 0. The molecule has 0 bridgehead atoms. The molecule has 0 fully saturated rings. The molecule has 0 aliphatic carbocycles. The van der Waals surface area contributed by atoms with Crippen LogP contribution in [0.1, 0.15) is 0 Å². The molecular weight excluding hydrogens is 1630 g/mol. The van der Waals surface area contributed by atoms with E-state index in [9.17, 15) is 0 Å².